The number of methoxy groups -OCH3 is 1. The monoisotopic (exact) mass is 233 g/mol. The summed E-state index contributed by atoms with van der Waals surface area (Å²) in [5, 5.41) is 5.61. The van der Waals surface area contributed by atoms with Crippen molar-refractivity contribution in [3.8, 4) is 0 Å². The van der Waals surface area contributed by atoms with Crippen LogP contribution in [-0.2, 0) is 9.53 Å². The van der Waals surface area contributed by atoms with Gasteiger partial charge in [-0.2, -0.15) is 10.1 Å². The lowest BCUT2D eigenvalue weighted by Gasteiger charge is -2.10. The van der Waals surface area contributed by atoms with Crippen LogP contribution in [0, 0.1) is 6.92 Å². The Kier molecular flexibility index (Phi) is 3.19. The van der Waals surface area contributed by atoms with Gasteiger partial charge in [-0.1, -0.05) is 6.07 Å². The van der Waals surface area contributed by atoms with Gasteiger partial charge < -0.3 is 4.74 Å². The lowest BCUT2D eigenvalue weighted by molar-refractivity contribution is -0.117. The Balaban J connectivity index is 2.28. The van der Waals surface area contributed by atoms with Gasteiger partial charge in [0.05, 0.1) is 18.2 Å². The minimum atomic E-state index is -0.145. The highest BCUT2D eigenvalue weighted by Gasteiger charge is 2.28. The molecule has 90 valence electrons. The molecular weight excluding hydrogens is 218 g/mol. The maximum atomic E-state index is 11.8. The van der Waals surface area contributed by atoms with Gasteiger partial charge in [0, 0.05) is 12.8 Å². The standard InChI is InChI=1S/C12H15N3O2/c1-8-5-4-6-11(13-8)15-12(16)7-10(14-15)9(2)17-3/h4-6,9H,7H2,1-3H3. The predicted molar refractivity (Wildman–Crippen MR) is 65.0 cm³/mol. The summed E-state index contributed by atoms with van der Waals surface area (Å²) in [5.41, 5.74) is 1.60. The fourth-order valence-electron chi connectivity index (χ4n) is 1.64. The van der Waals surface area contributed by atoms with E-state index in [1.807, 2.05) is 26.0 Å². The van der Waals surface area contributed by atoms with Crippen molar-refractivity contribution >= 4 is 17.4 Å². The van der Waals surface area contributed by atoms with Crippen molar-refractivity contribution in [2.24, 2.45) is 5.10 Å². The number of hydrogen-bond donors (Lipinski definition) is 0. The van der Waals surface area contributed by atoms with Gasteiger partial charge in [-0.15, -0.1) is 0 Å². The molecule has 2 rings (SSSR count). The third-order valence-corrected chi connectivity index (χ3v) is 2.71. The molecule has 1 atom stereocenters. The van der Waals surface area contributed by atoms with E-state index in [2.05, 4.69) is 10.1 Å². The second-order valence-corrected chi connectivity index (χ2v) is 3.99. The van der Waals surface area contributed by atoms with Crippen LogP contribution in [-0.4, -0.2) is 29.8 Å². The van der Waals surface area contributed by atoms with E-state index in [1.165, 1.54) is 5.01 Å². The molecule has 5 nitrogen and oxygen atoms in total. The van der Waals surface area contributed by atoms with Crippen molar-refractivity contribution in [2.75, 3.05) is 12.1 Å². The van der Waals surface area contributed by atoms with Crippen LogP contribution in [0.5, 0.6) is 0 Å². The van der Waals surface area contributed by atoms with E-state index in [9.17, 15) is 4.79 Å². The van der Waals surface area contributed by atoms with Crippen molar-refractivity contribution in [3.05, 3.63) is 23.9 Å². The summed E-state index contributed by atoms with van der Waals surface area (Å²) in [5.74, 6) is 0.496. The van der Waals surface area contributed by atoms with Crippen molar-refractivity contribution in [3.63, 3.8) is 0 Å². The SMILES string of the molecule is COC(C)C1=NN(c2cccc(C)n2)C(=O)C1. The van der Waals surface area contributed by atoms with Crippen molar-refractivity contribution < 1.29 is 9.53 Å². The van der Waals surface area contributed by atoms with Crippen molar-refractivity contribution in [1.29, 1.82) is 0 Å². The highest BCUT2D eigenvalue weighted by atomic mass is 16.5. The Labute approximate surface area is 100 Å². The highest BCUT2D eigenvalue weighted by Crippen LogP contribution is 2.19. The molecule has 1 aromatic rings. The molecule has 1 aliphatic heterocycles. The van der Waals surface area contributed by atoms with Gasteiger partial charge in [-0.3, -0.25) is 4.79 Å². The van der Waals surface area contributed by atoms with Crippen LogP contribution in [0.25, 0.3) is 0 Å². The third kappa shape index (κ3) is 2.34. The largest absolute Gasteiger partial charge is 0.376 e. The highest BCUT2D eigenvalue weighted by molar-refractivity contribution is 6.14. The molecule has 0 aromatic carbocycles. The van der Waals surface area contributed by atoms with Gasteiger partial charge in [-0.05, 0) is 26.0 Å². The summed E-state index contributed by atoms with van der Waals surface area (Å²) in [6, 6.07) is 5.51. The van der Waals surface area contributed by atoms with Crippen molar-refractivity contribution in [1.82, 2.24) is 4.98 Å². The molecule has 0 aliphatic carbocycles. The predicted octanol–water partition coefficient (Wildman–Crippen LogP) is 1.52. The maximum absolute atomic E-state index is 11.8. The number of anilines is 1. The molecule has 1 aliphatic rings. The van der Waals surface area contributed by atoms with Gasteiger partial charge >= 0.3 is 0 Å². The Hall–Kier alpha value is -1.75. The zero-order valence-corrected chi connectivity index (χ0v) is 10.2. The summed E-state index contributed by atoms with van der Waals surface area (Å²) in [4.78, 5) is 16.1. The maximum Gasteiger partial charge on any atom is 0.254 e. The first-order chi connectivity index (χ1) is 8.11. The van der Waals surface area contributed by atoms with Crippen LogP contribution in [0.4, 0.5) is 5.82 Å². The number of hydrazone groups is 1. The van der Waals surface area contributed by atoms with Crippen LogP contribution in [0.3, 0.4) is 0 Å². The number of carbonyl (C=O) groups excluding carboxylic acids is 1. The fourth-order valence-corrected chi connectivity index (χ4v) is 1.64. The molecule has 0 saturated heterocycles. The summed E-state index contributed by atoms with van der Waals surface area (Å²) >= 11 is 0. The average molecular weight is 233 g/mol. The van der Waals surface area contributed by atoms with Gasteiger partial charge in [0.2, 0.25) is 0 Å². The average Bonchev–Trinajstić information content (AvgIpc) is 2.70. The zero-order chi connectivity index (χ0) is 12.4. The summed E-state index contributed by atoms with van der Waals surface area (Å²) in [7, 11) is 1.60. The normalized spacial score (nSPS) is 17.2. The van der Waals surface area contributed by atoms with E-state index in [0.717, 1.165) is 11.4 Å². The molecule has 0 bridgehead atoms. The molecule has 1 aromatic heterocycles. The van der Waals surface area contributed by atoms with Gasteiger partial charge in [0.1, 0.15) is 0 Å². The lowest BCUT2D eigenvalue weighted by Crippen LogP contribution is -2.21. The Morgan fingerprint density at radius 1 is 1.47 bits per heavy atom. The van der Waals surface area contributed by atoms with Crippen LogP contribution < -0.4 is 5.01 Å². The van der Waals surface area contributed by atoms with Crippen molar-refractivity contribution in [2.45, 2.75) is 26.4 Å². The van der Waals surface area contributed by atoms with E-state index in [1.54, 1.807) is 13.2 Å². The summed E-state index contributed by atoms with van der Waals surface area (Å²) in [6.45, 7) is 3.76. The molecule has 1 unspecified atom stereocenters. The number of pyridine rings is 1. The molecular formula is C12H15N3O2. The topological polar surface area (TPSA) is 54.8 Å². The van der Waals surface area contributed by atoms with Crippen LogP contribution in [0.2, 0.25) is 0 Å². The molecule has 0 spiro atoms. The second-order valence-electron chi connectivity index (χ2n) is 3.99. The fraction of sp³-hybridized carbons (Fsp3) is 0.417. The summed E-state index contributed by atoms with van der Waals surface area (Å²) < 4.78 is 5.16. The molecule has 17 heavy (non-hydrogen) atoms. The number of carbonyl (C=O) groups is 1. The number of ether oxygens (including phenoxy) is 1. The number of aromatic nitrogens is 1. The van der Waals surface area contributed by atoms with Crippen LogP contribution in [0.1, 0.15) is 19.0 Å². The number of amides is 1. The number of aryl methyl sites for hydroxylation is 1. The van der Waals surface area contributed by atoms with Gasteiger partial charge in [0.15, 0.2) is 5.82 Å². The quantitative estimate of drug-likeness (QED) is 0.795. The zero-order valence-electron chi connectivity index (χ0n) is 10.2. The van der Waals surface area contributed by atoms with Gasteiger partial charge in [-0.25, -0.2) is 4.98 Å². The molecule has 1 amide bonds. The molecule has 0 N–H and O–H groups in total. The number of nitrogens with zero attached hydrogens (tertiary/aromatic N) is 3. The van der Waals surface area contributed by atoms with E-state index < -0.39 is 0 Å². The molecule has 5 heteroatoms. The first-order valence-electron chi connectivity index (χ1n) is 5.48. The smallest absolute Gasteiger partial charge is 0.254 e. The van der Waals surface area contributed by atoms with E-state index >= 15 is 0 Å². The Bertz CT molecular complexity index is 471. The van der Waals surface area contributed by atoms with Crippen LogP contribution in [0.15, 0.2) is 23.3 Å². The molecule has 0 fully saturated rings. The molecule has 0 radical (unpaired) electrons. The minimum absolute atomic E-state index is 0.0676. The summed E-state index contributed by atoms with van der Waals surface area (Å²) in [6.07, 6.45) is 0.152. The first kappa shape index (κ1) is 11.7. The number of rotatable bonds is 3. The Morgan fingerprint density at radius 3 is 2.88 bits per heavy atom. The first-order valence-corrected chi connectivity index (χ1v) is 5.48. The molecule has 2 heterocycles. The number of hydrogen-bond acceptors (Lipinski definition) is 4. The Morgan fingerprint density at radius 2 is 2.24 bits per heavy atom. The van der Waals surface area contributed by atoms with E-state index in [0.29, 0.717) is 12.2 Å². The van der Waals surface area contributed by atoms with Gasteiger partial charge in [0.25, 0.3) is 5.91 Å². The van der Waals surface area contributed by atoms with Crippen LogP contribution >= 0.6 is 0 Å². The molecule has 0 saturated carbocycles. The minimum Gasteiger partial charge on any atom is -0.376 e. The van der Waals surface area contributed by atoms with E-state index in [-0.39, 0.29) is 12.0 Å². The second kappa shape index (κ2) is 4.63. The third-order valence-electron chi connectivity index (χ3n) is 2.71. The lowest BCUT2D eigenvalue weighted by atomic mass is 10.2. The van der Waals surface area contributed by atoms with E-state index in [4.69, 9.17) is 4.74 Å².